The van der Waals surface area contributed by atoms with E-state index in [2.05, 4.69) is 15.3 Å². The van der Waals surface area contributed by atoms with E-state index in [9.17, 15) is 18.0 Å². The smallest absolute Gasteiger partial charge is 0.326 e. The molecule has 0 bridgehead atoms. The summed E-state index contributed by atoms with van der Waals surface area (Å²) in [5, 5.41) is 2.20. The van der Waals surface area contributed by atoms with Crippen molar-refractivity contribution in [1.29, 1.82) is 0 Å². The fraction of sp³-hybridized carbons (Fsp3) is 0.154. The van der Waals surface area contributed by atoms with Crippen molar-refractivity contribution in [3.63, 3.8) is 0 Å². The Balaban J connectivity index is 2.34. The van der Waals surface area contributed by atoms with Crippen molar-refractivity contribution in [3.8, 4) is 0 Å². The average molecular weight is 296 g/mol. The Morgan fingerprint density at radius 2 is 1.90 bits per heavy atom. The van der Waals surface area contributed by atoms with E-state index in [0.717, 1.165) is 6.07 Å². The molecule has 1 heterocycles. The van der Waals surface area contributed by atoms with Crippen LogP contribution >= 0.6 is 0 Å². The topological polar surface area (TPSA) is 80.9 Å². The number of hydrogen-bond donors (Lipinski definition) is 2. The largest absolute Gasteiger partial charge is 0.418 e. The minimum atomic E-state index is -4.60. The Morgan fingerprint density at radius 1 is 1.24 bits per heavy atom. The number of halogens is 3. The van der Waals surface area contributed by atoms with Gasteiger partial charge in [0.05, 0.1) is 16.8 Å². The second-order valence-electron chi connectivity index (χ2n) is 4.16. The molecule has 0 fully saturated rings. The molecule has 110 valence electrons. The van der Waals surface area contributed by atoms with Crippen LogP contribution in [-0.2, 0) is 12.7 Å². The van der Waals surface area contributed by atoms with E-state index in [1.165, 1.54) is 30.9 Å². The number of alkyl halides is 3. The van der Waals surface area contributed by atoms with Crippen molar-refractivity contribution in [2.75, 3.05) is 5.32 Å². The number of amides is 1. The molecule has 0 spiro atoms. The minimum absolute atomic E-state index is 0.0240. The number of nitrogens with one attached hydrogen (secondary N) is 1. The van der Waals surface area contributed by atoms with Gasteiger partial charge in [-0.2, -0.15) is 13.2 Å². The number of hydrogen-bond acceptors (Lipinski definition) is 4. The molecule has 2 aromatic rings. The van der Waals surface area contributed by atoms with Crippen LogP contribution in [0.2, 0.25) is 0 Å². The van der Waals surface area contributed by atoms with Crippen LogP contribution in [0.25, 0.3) is 0 Å². The molecule has 8 heteroatoms. The molecule has 5 nitrogen and oxygen atoms in total. The molecule has 0 unspecified atom stereocenters. The molecule has 21 heavy (non-hydrogen) atoms. The maximum atomic E-state index is 13.0. The van der Waals surface area contributed by atoms with Gasteiger partial charge in [0.25, 0.3) is 5.91 Å². The van der Waals surface area contributed by atoms with Gasteiger partial charge < -0.3 is 11.1 Å². The average Bonchev–Trinajstić information content (AvgIpc) is 2.47. The monoisotopic (exact) mass is 296 g/mol. The molecule has 2 rings (SSSR count). The molecule has 1 aromatic heterocycles. The number of carbonyl (C=O) groups excluding carboxylic acids is 1. The quantitative estimate of drug-likeness (QED) is 0.910. The third kappa shape index (κ3) is 3.54. The standard InChI is InChI=1S/C13H11F3N4O/c14-13(15,16)10-3-8(4-17)1-2-11(10)20-12(21)9-5-18-7-19-6-9/h1-3,5-7H,4,17H2,(H,20,21). The van der Waals surface area contributed by atoms with E-state index in [0.29, 0.717) is 5.56 Å². The number of anilines is 1. The second kappa shape index (κ2) is 5.88. The third-order valence-electron chi connectivity index (χ3n) is 2.70. The van der Waals surface area contributed by atoms with Crippen LogP contribution in [0.4, 0.5) is 18.9 Å². The zero-order chi connectivity index (χ0) is 15.5. The van der Waals surface area contributed by atoms with Crippen molar-refractivity contribution >= 4 is 11.6 Å². The predicted octanol–water partition coefficient (Wildman–Crippen LogP) is 2.21. The summed E-state index contributed by atoms with van der Waals surface area (Å²) < 4.78 is 39.0. The van der Waals surface area contributed by atoms with Crippen LogP contribution in [0.5, 0.6) is 0 Å². The van der Waals surface area contributed by atoms with E-state index < -0.39 is 17.6 Å². The fourth-order valence-electron chi connectivity index (χ4n) is 1.67. The van der Waals surface area contributed by atoms with Crippen LogP contribution < -0.4 is 11.1 Å². The summed E-state index contributed by atoms with van der Waals surface area (Å²) in [6, 6.07) is 3.51. The highest BCUT2D eigenvalue weighted by Gasteiger charge is 2.34. The van der Waals surface area contributed by atoms with Gasteiger partial charge in [-0.3, -0.25) is 4.79 Å². The first-order valence-corrected chi connectivity index (χ1v) is 5.88. The number of benzene rings is 1. The van der Waals surface area contributed by atoms with E-state index in [1.807, 2.05) is 0 Å². The van der Waals surface area contributed by atoms with Gasteiger partial charge in [-0.1, -0.05) is 6.07 Å². The van der Waals surface area contributed by atoms with Crippen LogP contribution in [0.3, 0.4) is 0 Å². The number of nitrogens with two attached hydrogens (primary N) is 1. The lowest BCUT2D eigenvalue weighted by Gasteiger charge is -2.15. The van der Waals surface area contributed by atoms with Crippen molar-refractivity contribution in [3.05, 3.63) is 53.6 Å². The van der Waals surface area contributed by atoms with Gasteiger partial charge in [0.1, 0.15) is 6.33 Å². The summed E-state index contributed by atoms with van der Waals surface area (Å²) in [7, 11) is 0. The van der Waals surface area contributed by atoms with E-state index in [4.69, 9.17) is 5.73 Å². The fourth-order valence-corrected chi connectivity index (χ4v) is 1.67. The Labute approximate surface area is 118 Å². The maximum absolute atomic E-state index is 13.0. The molecule has 0 aliphatic rings. The van der Waals surface area contributed by atoms with Gasteiger partial charge in [-0.05, 0) is 17.7 Å². The lowest BCUT2D eigenvalue weighted by Crippen LogP contribution is -2.17. The summed E-state index contributed by atoms with van der Waals surface area (Å²) >= 11 is 0. The number of carbonyl (C=O) groups is 1. The zero-order valence-corrected chi connectivity index (χ0v) is 10.7. The molecule has 3 N–H and O–H groups in total. The summed E-state index contributed by atoms with van der Waals surface area (Å²) in [6.45, 7) is -0.0240. The third-order valence-corrected chi connectivity index (χ3v) is 2.70. The maximum Gasteiger partial charge on any atom is 0.418 e. The van der Waals surface area contributed by atoms with Crippen molar-refractivity contribution in [2.24, 2.45) is 5.73 Å². The molecular weight excluding hydrogens is 285 g/mol. The lowest BCUT2D eigenvalue weighted by molar-refractivity contribution is -0.137. The van der Waals surface area contributed by atoms with Gasteiger partial charge in [-0.25, -0.2) is 9.97 Å². The van der Waals surface area contributed by atoms with E-state index >= 15 is 0 Å². The Kier molecular flexibility index (Phi) is 4.18. The zero-order valence-electron chi connectivity index (χ0n) is 10.7. The molecule has 0 atom stereocenters. The highest BCUT2D eigenvalue weighted by Crippen LogP contribution is 2.35. The van der Waals surface area contributed by atoms with E-state index in [1.54, 1.807) is 0 Å². The summed E-state index contributed by atoms with van der Waals surface area (Å²) in [4.78, 5) is 19.1. The summed E-state index contributed by atoms with van der Waals surface area (Å²) in [5.41, 5.74) is 4.43. The molecule has 0 saturated carbocycles. The summed E-state index contributed by atoms with van der Waals surface area (Å²) in [5.74, 6) is -0.721. The lowest BCUT2D eigenvalue weighted by atomic mass is 10.1. The van der Waals surface area contributed by atoms with Crippen LogP contribution in [-0.4, -0.2) is 15.9 Å². The number of nitrogens with zero attached hydrogens (tertiary/aromatic N) is 2. The van der Waals surface area contributed by atoms with Gasteiger partial charge in [0, 0.05) is 18.9 Å². The van der Waals surface area contributed by atoms with Crippen molar-refractivity contribution in [1.82, 2.24) is 9.97 Å². The highest BCUT2D eigenvalue weighted by atomic mass is 19.4. The Morgan fingerprint density at radius 3 is 2.48 bits per heavy atom. The van der Waals surface area contributed by atoms with Gasteiger partial charge in [0.2, 0.25) is 0 Å². The first-order valence-electron chi connectivity index (χ1n) is 5.88. The first kappa shape index (κ1) is 14.9. The summed E-state index contributed by atoms with van der Waals surface area (Å²) in [6.07, 6.45) is -0.956. The molecule has 1 aromatic carbocycles. The molecule has 1 amide bonds. The second-order valence-corrected chi connectivity index (χ2v) is 4.16. The van der Waals surface area contributed by atoms with Crippen molar-refractivity contribution < 1.29 is 18.0 Å². The van der Waals surface area contributed by atoms with Crippen LogP contribution in [0, 0.1) is 0 Å². The predicted molar refractivity (Wildman–Crippen MR) is 69.3 cm³/mol. The highest BCUT2D eigenvalue weighted by molar-refractivity contribution is 6.04. The van der Waals surface area contributed by atoms with Crippen molar-refractivity contribution in [2.45, 2.75) is 12.7 Å². The minimum Gasteiger partial charge on any atom is -0.326 e. The van der Waals surface area contributed by atoms with Gasteiger partial charge >= 0.3 is 6.18 Å². The number of rotatable bonds is 3. The Bertz CT molecular complexity index is 644. The molecule has 0 radical (unpaired) electrons. The SMILES string of the molecule is NCc1ccc(NC(=O)c2cncnc2)c(C(F)(F)F)c1. The number of aromatic nitrogens is 2. The van der Waals surface area contributed by atoms with Crippen LogP contribution in [0.1, 0.15) is 21.5 Å². The molecular formula is C13H11F3N4O. The van der Waals surface area contributed by atoms with Crippen LogP contribution in [0.15, 0.2) is 36.9 Å². The van der Waals surface area contributed by atoms with Gasteiger partial charge in [0.15, 0.2) is 0 Å². The first-order chi connectivity index (χ1) is 9.91. The normalized spacial score (nSPS) is 11.2. The molecule has 0 saturated heterocycles. The van der Waals surface area contributed by atoms with Gasteiger partial charge in [-0.15, -0.1) is 0 Å². The molecule has 0 aliphatic carbocycles. The molecule has 0 aliphatic heterocycles. The van der Waals surface area contributed by atoms with E-state index in [-0.39, 0.29) is 17.8 Å². The Hall–Kier alpha value is -2.48.